The molecule has 32 heavy (non-hydrogen) atoms. The molecule has 5 rings (SSSR count). The molecular formula is C22H16ClN5O4. The molecule has 0 N–H and O–H groups in total. The molecule has 4 aromatic rings. The smallest absolute Gasteiger partial charge is 0.340 e. The van der Waals surface area contributed by atoms with E-state index in [0.717, 1.165) is 5.56 Å². The zero-order chi connectivity index (χ0) is 22.1. The Hall–Kier alpha value is -3.98. The number of carbonyl (C=O) groups excluding carboxylic acids is 2. The molecule has 1 amide bonds. The fourth-order valence-electron chi connectivity index (χ4n) is 3.48. The number of halogens is 1. The van der Waals surface area contributed by atoms with Gasteiger partial charge in [-0.2, -0.15) is 5.10 Å². The van der Waals surface area contributed by atoms with Crippen molar-refractivity contribution in [3.63, 3.8) is 0 Å². The maximum Gasteiger partial charge on any atom is 0.340 e. The second-order valence-corrected chi connectivity index (χ2v) is 7.55. The van der Waals surface area contributed by atoms with Crippen LogP contribution in [-0.2, 0) is 9.53 Å². The standard InChI is InChI=1S/C22H16ClN5O4/c23-16-6-3-14(4-7-16)17-10-18(19-2-1-9-31-19)28(26-17)21(29)12-32-22(30)15-5-8-20-25-24-13-27(20)11-15/h1-9,11,13,18H,10,12H2. The summed E-state index contributed by atoms with van der Waals surface area (Å²) in [5, 5.41) is 14.1. The second kappa shape index (κ2) is 8.27. The molecule has 0 fully saturated rings. The number of hydrogen-bond donors (Lipinski definition) is 0. The first kappa shape index (κ1) is 20.0. The highest BCUT2D eigenvalue weighted by Crippen LogP contribution is 2.33. The van der Waals surface area contributed by atoms with E-state index in [1.54, 1.807) is 53.3 Å². The van der Waals surface area contributed by atoms with Crippen LogP contribution in [0.25, 0.3) is 5.65 Å². The molecule has 3 aromatic heterocycles. The van der Waals surface area contributed by atoms with E-state index in [0.29, 0.717) is 28.6 Å². The van der Waals surface area contributed by atoms with Gasteiger partial charge in [-0.25, -0.2) is 9.80 Å². The fourth-order valence-corrected chi connectivity index (χ4v) is 3.61. The lowest BCUT2D eigenvalue weighted by atomic mass is 10.0. The SMILES string of the molecule is O=C(OCC(=O)N1N=C(c2ccc(Cl)cc2)CC1c1ccco1)c1ccc2nncn2c1. The summed E-state index contributed by atoms with van der Waals surface area (Å²) in [6, 6.07) is 13.5. The second-order valence-electron chi connectivity index (χ2n) is 7.12. The highest BCUT2D eigenvalue weighted by molar-refractivity contribution is 6.30. The fraction of sp³-hybridized carbons (Fsp3) is 0.136. The number of furan rings is 1. The van der Waals surface area contributed by atoms with E-state index in [4.69, 9.17) is 20.8 Å². The van der Waals surface area contributed by atoms with Gasteiger partial charge >= 0.3 is 5.97 Å². The number of aromatic nitrogens is 3. The van der Waals surface area contributed by atoms with Crippen LogP contribution in [0.2, 0.25) is 5.02 Å². The zero-order valence-corrected chi connectivity index (χ0v) is 17.3. The first-order chi connectivity index (χ1) is 15.6. The Kier molecular flexibility index (Phi) is 5.16. The minimum Gasteiger partial charge on any atom is -0.467 e. The first-order valence-electron chi connectivity index (χ1n) is 9.74. The highest BCUT2D eigenvalue weighted by Gasteiger charge is 2.35. The molecule has 0 saturated heterocycles. The summed E-state index contributed by atoms with van der Waals surface area (Å²) in [6.45, 7) is -0.465. The summed E-state index contributed by atoms with van der Waals surface area (Å²) in [5.41, 5.74) is 2.43. The molecule has 0 radical (unpaired) electrons. The molecule has 10 heteroatoms. The van der Waals surface area contributed by atoms with Crippen LogP contribution in [-0.4, -0.2) is 43.8 Å². The molecule has 0 saturated carbocycles. The van der Waals surface area contributed by atoms with Gasteiger partial charge < -0.3 is 9.15 Å². The molecule has 1 aliphatic heterocycles. The molecule has 4 heterocycles. The highest BCUT2D eigenvalue weighted by atomic mass is 35.5. The third-order valence-electron chi connectivity index (χ3n) is 5.07. The Balaban J connectivity index is 1.33. The normalized spacial score (nSPS) is 15.7. The van der Waals surface area contributed by atoms with Crippen molar-refractivity contribution in [3.05, 3.63) is 89.2 Å². The Morgan fingerprint density at radius 2 is 2.00 bits per heavy atom. The van der Waals surface area contributed by atoms with Crippen molar-refractivity contribution in [2.24, 2.45) is 5.10 Å². The quantitative estimate of drug-likeness (QED) is 0.432. The molecule has 160 valence electrons. The number of hydrogen-bond acceptors (Lipinski definition) is 7. The van der Waals surface area contributed by atoms with Gasteiger partial charge in [-0.15, -0.1) is 10.2 Å². The molecule has 1 unspecified atom stereocenters. The molecule has 0 spiro atoms. The van der Waals surface area contributed by atoms with Crippen molar-refractivity contribution in [1.29, 1.82) is 0 Å². The van der Waals surface area contributed by atoms with Crippen LogP contribution in [0.1, 0.15) is 34.1 Å². The van der Waals surface area contributed by atoms with E-state index in [1.807, 2.05) is 12.1 Å². The van der Waals surface area contributed by atoms with Gasteiger partial charge in [0.15, 0.2) is 12.3 Å². The van der Waals surface area contributed by atoms with Gasteiger partial charge in [0, 0.05) is 17.6 Å². The number of hydrazone groups is 1. The summed E-state index contributed by atoms with van der Waals surface area (Å²) in [4.78, 5) is 25.4. The van der Waals surface area contributed by atoms with Crippen LogP contribution in [0, 0.1) is 0 Å². The molecule has 1 aliphatic rings. The largest absolute Gasteiger partial charge is 0.467 e. The van der Waals surface area contributed by atoms with Gasteiger partial charge in [-0.05, 0) is 42.0 Å². The van der Waals surface area contributed by atoms with Gasteiger partial charge in [0.25, 0.3) is 5.91 Å². The average Bonchev–Trinajstić information content (AvgIpc) is 3.57. The maximum atomic E-state index is 12.9. The van der Waals surface area contributed by atoms with Crippen molar-refractivity contribution in [2.75, 3.05) is 6.61 Å². The van der Waals surface area contributed by atoms with Crippen LogP contribution in [0.4, 0.5) is 0 Å². The molecule has 1 aromatic carbocycles. The molecule has 9 nitrogen and oxygen atoms in total. The predicted octanol–water partition coefficient (Wildman–Crippen LogP) is 3.51. The van der Waals surface area contributed by atoms with Gasteiger partial charge in [-0.1, -0.05) is 23.7 Å². The Morgan fingerprint density at radius 1 is 1.16 bits per heavy atom. The van der Waals surface area contributed by atoms with Gasteiger partial charge in [-0.3, -0.25) is 9.20 Å². The van der Waals surface area contributed by atoms with Crippen LogP contribution in [0.15, 0.2) is 76.8 Å². The van der Waals surface area contributed by atoms with Crippen molar-refractivity contribution < 1.29 is 18.7 Å². The summed E-state index contributed by atoms with van der Waals surface area (Å²) >= 11 is 5.98. The molecule has 0 bridgehead atoms. The number of rotatable bonds is 5. The van der Waals surface area contributed by atoms with Crippen LogP contribution < -0.4 is 0 Å². The van der Waals surface area contributed by atoms with Crippen molar-refractivity contribution >= 4 is 34.8 Å². The summed E-state index contributed by atoms with van der Waals surface area (Å²) in [5.74, 6) is -0.505. The number of nitrogens with zero attached hydrogens (tertiary/aromatic N) is 5. The monoisotopic (exact) mass is 449 g/mol. The number of benzene rings is 1. The summed E-state index contributed by atoms with van der Waals surface area (Å²) < 4.78 is 12.4. The number of pyridine rings is 1. The Bertz CT molecular complexity index is 1310. The number of ether oxygens (including phenoxy) is 1. The number of amides is 1. The average molecular weight is 450 g/mol. The third-order valence-corrected chi connectivity index (χ3v) is 5.32. The van der Waals surface area contributed by atoms with E-state index in [9.17, 15) is 9.59 Å². The van der Waals surface area contributed by atoms with Gasteiger partial charge in [0.2, 0.25) is 0 Å². The van der Waals surface area contributed by atoms with Crippen LogP contribution in [0.5, 0.6) is 0 Å². The van der Waals surface area contributed by atoms with E-state index >= 15 is 0 Å². The molecule has 0 aliphatic carbocycles. The lowest BCUT2D eigenvalue weighted by molar-refractivity contribution is -0.136. The van der Waals surface area contributed by atoms with Crippen LogP contribution >= 0.6 is 11.6 Å². The minimum atomic E-state index is -0.635. The first-order valence-corrected chi connectivity index (χ1v) is 10.1. The minimum absolute atomic E-state index is 0.277. The van der Waals surface area contributed by atoms with Crippen molar-refractivity contribution in [3.8, 4) is 0 Å². The number of carbonyl (C=O) groups is 2. The zero-order valence-electron chi connectivity index (χ0n) is 16.6. The molecular weight excluding hydrogens is 434 g/mol. The Labute approximate surface area is 186 Å². The predicted molar refractivity (Wildman–Crippen MR) is 114 cm³/mol. The Morgan fingerprint density at radius 3 is 2.78 bits per heavy atom. The number of esters is 1. The van der Waals surface area contributed by atoms with E-state index in [2.05, 4.69) is 15.3 Å². The summed E-state index contributed by atoms with van der Waals surface area (Å²) in [7, 11) is 0. The van der Waals surface area contributed by atoms with E-state index < -0.39 is 24.5 Å². The molecule has 1 atom stereocenters. The summed E-state index contributed by atoms with van der Waals surface area (Å²) in [6.07, 6.45) is 5.02. The van der Waals surface area contributed by atoms with E-state index in [1.165, 1.54) is 11.3 Å². The van der Waals surface area contributed by atoms with Crippen molar-refractivity contribution in [1.82, 2.24) is 19.6 Å². The third kappa shape index (κ3) is 3.85. The van der Waals surface area contributed by atoms with Crippen molar-refractivity contribution in [2.45, 2.75) is 12.5 Å². The maximum absolute atomic E-state index is 12.9. The van der Waals surface area contributed by atoms with E-state index in [-0.39, 0.29) is 5.56 Å². The van der Waals surface area contributed by atoms with Gasteiger partial charge in [0.05, 0.1) is 17.5 Å². The lowest BCUT2D eigenvalue weighted by Gasteiger charge is -2.19. The van der Waals surface area contributed by atoms with Crippen LogP contribution in [0.3, 0.4) is 0 Å². The topological polar surface area (TPSA) is 102 Å². The van der Waals surface area contributed by atoms with Gasteiger partial charge in [0.1, 0.15) is 18.1 Å². The lowest BCUT2D eigenvalue weighted by Crippen LogP contribution is -2.31. The number of fused-ring (bicyclic) bond motifs is 1.